The summed E-state index contributed by atoms with van der Waals surface area (Å²) in [7, 11) is 0. The van der Waals surface area contributed by atoms with E-state index in [0.29, 0.717) is 40.0 Å². The van der Waals surface area contributed by atoms with Crippen LogP contribution in [0.3, 0.4) is 0 Å². The number of carbonyl (C=O) groups is 1. The molecule has 2 aromatic heterocycles. The molecule has 3 aromatic rings. The SMILES string of the molecule is CCCC(=O)Nc1cc(Cl)ccc1OCc1cc(=O)n2oc(C)cc2n1. The highest BCUT2D eigenvalue weighted by molar-refractivity contribution is 6.31. The van der Waals surface area contributed by atoms with Crippen molar-refractivity contribution in [3.05, 3.63) is 57.2 Å². The van der Waals surface area contributed by atoms with Crippen molar-refractivity contribution in [3.63, 3.8) is 0 Å². The summed E-state index contributed by atoms with van der Waals surface area (Å²) in [5, 5.41) is 3.27. The van der Waals surface area contributed by atoms with E-state index in [-0.39, 0.29) is 18.1 Å². The summed E-state index contributed by atoms with van der Waals surface area (Å²) in [5.41, 5.74) is 1.03. The average Bonchev–Trinajstić information content (AvgIpc) is 2.95. The summed E-state index contributed by atoms with van der Waals surface area (Å²) in [5.74, 6) is 0.918. The van der Waals surface area contributed by atoms with Crippen molar-refractivity contribution < 1.29 is 14.1 Å². The normalized spacial score (nSPS) is 10.9. The van der Waals surface area contributed by atoms with E-state index in [1.54, 1.807) is 31.2 Å². The third-order valence-electron chi connectivity index (χ3n) is 3.59. The number of benzene rings is 1. The van der Waals surface area contributed by atoms with Gasteiger partial charge in [-0.05, 0) is 31.5 Å². The van der Waals surface area contributed by atoms with Crippen molar-refractivity contribution in [1.82, 2.24) is 9.56 Å². The van der Waals surface area contributed by atoms with Crippen LogP contribution in [-0.2, 0) is 11.4 Å². The first kappa shape index (κ1) is 18.0. The number of carbonyl (C=O) groups excluding carboxylic acids is 1. The van der Waals surface area contributed by atoms with Gasteiger partial charge in [0.05, 0.1) is 11.4 Å². The minimum atomic E-state index is -0.325. The minimum Gasteiger partial charge on any atom is -0.485 e. The molecule has 3 rings (SSSR count). The van der Waals surface area contributed by atoms with Crippen molar-refractivity contribution in [2.24, 2.45) is 0 Å². The highest BCUT2D eigenvalue weighted by Gasteiger charge is 2.11. The highest BCUT2D eigenvalue weighted by Crippen LogP contribution is 2.29. The number of anilines is 1. The Bertz CT molecular complexity index is 1010. The molecule has 0 aliphatic rings. The van der Waals surface area contributed by atoms with Gasteiger partial charge in [-0.3, -0.25) is 9.59 Å². The monoisotopic (exact) mass is 375 g/mol. The molecule has 0 aliphatic heterocycles. The van der Waals surface area contributed by atoms with E-state index in [4.69, 9.17) is 20.9 Å². The lowest BCUT2D eigenvalue weighted by Crippen LogP contribution is -2.15. The number of nitrogens with one attached hydrogen (secondary N) is 1. The third-order valence-corrected chi connectivity index (χ3v) is 3.83. The Kier molecular flexibility index (Phi) is 5.27. The van der Waals surface area contributed by atoms with Crippen LogP contribution < -0.4 is 15.6 Å². The van der Waals surface area contributed by atoms with Crippen LogP contribution in [0.4, 0.5) is 5.69 Å². The van der Waals surface area contributed by atoms with Crippen molar-refractivity contribution in [2.45, 2.75) is 33.3 Å². The first-order chi connectivity index (χ1) is 12.5. The van der Waals surface area contributed by atoms with Crippen LogP contribution in [0.5, 0.6) is 5.75 Å². The number of nitrogens with zero attached hydrogens (tertiary/aromatic N) is 2. The molecule has 0 saturated carbocycles. The van der Waals surface area contributed by atoms with E-state index in [1.807, 2.05) is 6.92 Å². The van der Waals surface area contributed by atoms with Crippen LogP contribution in [0, 0.1) is 6.92 Å². The van der Waals surface area contributed by atoms with Crippen LogP contribution >= 0.6 is 11.6 Å². The van der Waals surface area contributed by atoms with Crippen molar-refractivity contribution >= 4 is 28.8 Å². The Labute approximate surface area is 154 Å². The molecule has 1 N–H and O–H groups in total. The number of rotatable bonds is 6. The molecule has 0 atom stereocenters. The van der Waals surface area contributed by atoms with Crippen LogP contribution in [0.25, 0.3) is 5.65 Å². The van der Waals surface area contributed by atoms with Gasteiger partial charge in [0.15, 0.2) is 5.65 Å². The van der Waals surface area contributed by atoms with Crippen LogP contribution in [-0.4, -0.2) is 15.5 Å². The number of ether oxygens (including phenoxy) is 1. The van der Waals surface area contributed by atoms with E-state index in [2.05, 4.69) is 10.3 Å². The second-order valence-corrected chi connectivity index (χ2v) is 6.25. The maximum absolute atomic E-state index is 12.1. The lowest BCUT2D eigenvalue weighted by atomic mass is 10.2. The van der Waals surface area contributed by atoms with Crippen LogP contribution in [0.15, 0.2) is 39.6 Å². The molecule has 0 aliphatic carbocycles. The van der Waals surface area contributed by atoms with Crippen molar-refractivity contribution in [3.8, 4) is 5.75 Å². The maximum Gasteiger partial charge on any atom is 0.287 e. The van der Waals surface area contributed by atoms with E-state index < -0.39 is 0 Å². The van der Waals surface area contributed by atoms with Crippen LogP contribution in [0.2, 0.25) is 5.02 Å². The number of hydrogen-bond acceptors (Lipinski definition) is 5. The number of fused-ring (bicyclic) bond motifs is 1. The lowest BCUT2D eigenvalue weighted by Gasteiger charge is -2.12. The van der Waals surface area contributed by atoms with Gasteiger partial charge in [-0.15, -0.1) is 4.57 Å². The fourth-order valence-electron chi connectivity index (χ4n) is 2.46. The molecule has 0 saturated heterocycles. The molecule has 136 valence electrons. The Morgan fingerprint density at radius 2 is 2.15 bits per heavy atom. The molecule has 2 heterocycles. The number of hydrogen-bond donors (Lipinski definition) is 1. The predicted octanol–water partition coefficient (Wildman–Crippen LogP) is 3.57. The Morgan fingerprint density at radius 3 is 2.92 bits per heavy atom. The highest BCUT2D eigenvalue weighted by atomic mass is 35.5. The van der Waals surface area contributed by atoms with Crippen LogP contribution in [0.1, 0.15) is 31.2 Å². The summed E-state index contributed by atoms with van der Waals surface area (Å²) in [6.07, 6.45) is 1.14. The summed E-state index contributed by atoms with van der Waals surface area (Å²) >= 11 is 6.01. The quantitative estimate of drug-likeness (QED) is 0.711. The number of amides is 1. The standard InChI is InChI=1S/C18H18ClN3O4/c1-3-4-17(23)21-14-8-12(19)5-6-15(14)25-10-13-9-18(24)22-16(20-13)7-11(2)26-22/h5-9H,3-4,10H2,1-2H3,(H,21,23). The average molecular weight is 376 g/mol. The fraction of sp³-hybridized carbons (Fsp3) is 0.278. The van der Waals surface area contributed by atoms with Gasteiger partial charge < -0.3 is 14.6 Å². The Morgan fingerprint density at radius 1 is 1.35 bits per heavy atom. The van der Waals surface area contributed by atoms with Gasteiger partial charge in [0.1, 0.15) is 18.1 Å². The second kappa shape index (κ2) is 7.61. The fourth-order valence-corrected chi connectivity index (χ4v) is 2.64. The first-order valence-corrected chi connectivity index (χ1v) is 8.56. The van der Waals surface area contributed by atoms with Crippen molar-refractivity contribution in [1.29, 1.82) is 0 Å². The van der Waals surface area contributed by atoms with Gasteiger partial charge in [0, 0.05) is 23.6 Å². The van der Waals surface area contributed by atoms with Gasteiger partial charge >= 0.3 is 0 Å². The molecule has 7 nitrogen and oxygen atoms in total. The molecule has 0 spiro atoms. The minimum absolute atomic E-state index is 0.0637. The van der Waals surface area contributed by atoms with E-state index >= 15 is 0 Å². The molecular formula is C18H18ClN3O4. The summed E-state index contributed by atoms with van der Waals surface area (Å²) < 4.78 is 12.1. The molecule has 0 fully saturated rings. The number of aryl methyl sites for hydroxylation is 1. The van der Waals surface area contributed by atoms with Gasteiger partial charge in [-0.25, -0.2) is 4.98 Å². The topological polar surface area (TPSA) is 85.8 Å². The van der Waals surface area contributed by atoms with E-state index in [1.165, 1.54) is 6.07 Å². The third kappa shape index (κ3) is 4.05. The molecule has 1 aromatic carbocycles. The van der Waals surface area contributed by atoms with Gasteiger partial charge in [-0.1, -0.05) is 18.5 Å². The lowest BCUT2D eigenvalue weighted by molar-refractivity contribution is -0.116. The Balaban J connectivity index is 1.81. The molecule has 0 bridgehead atoms. The summed E-state index contributed by atoms with van der Waals surface area (Å²) in [6, 6.07) is 7.97. The summed E-state index contributed by atoms with van der Waals surface area (Å²) in [6.45, 7) is 3.73. The van der Waals surface area contributed by atoms with Crippen molar-refractivity contribution in [2.75, 3.05) is 5.32 Å². The van der Waals surface area contributed by atoms with Gasteiger partial charge in [0.25, 0.3) is 5.56 Å². The zero-order chi connectivity index (χ0) is 18.7. The molecule has 0 unspecified atom stereocenters. The maximum atomic E-state index is 12.1. The van der Waals surface area contributed by atoms with E-state index in [9.17, 15) is 9.59 Å². The number of aromatic nitrogens is 2. The largest absolute Gasteiger partial charge is 0.485 e. The smallest absolute Gasteiger partial charge is 0.287 e. The molecule has 8 heteroatoms. The molecule has 26 heavy (non-hydrogen) atoms. The second-order valence-electron chi connectivity index (χ2n) is 5.81. The zero-order valence-corrected chi connectivity index (χ0v) is 15.2. The van der Waals surface area contributed by atoms with E-state index in [0.717, 1.165) is 11.0 Å². The summed E-state index contributed by atoms with van der Waals surface area (Å²) in [4.78, 5) is 28.3. The zero-order valence-electron chi connectivity index (χ0n) is 14.4. The molecule has 1 amide bonds. The van der Waals surface area contributed by atoms with Gasteiger partial charge in [0.2, 0.25) is 5.91 Å². The molecule has 0 radical (unpaired) electrons. The van der Waals surface area contributed by atoms with Gasteiger partial charge in [-0.2, -0.15) is 0 Å². The predicted molar refractivity (Wildman–Crippen MR) is 97.8 cm³/mol. The first-order valence-electron chi connectivity index (χ1n) is 8.18. The number of halogens is 1. The molecular weight excluding hydrogens is 358 g/mol. The Hall–Kier alpha value is -2.80.